The van der Waals surface area contributed by atoms with Crippen LogP contribution in [0.4, 0.5) is 10.1 Å². The van der Waals surface area contributed by atoms with Crippen LogP contribution in [0.1, 0.15) is 6.42 Å². The largest absolute Gasteiger partial charge is 0.396 e. The zero-order valence-corrected chi connectivity index (χ0v) is 9.04. The van der Waals surface area contributed by atoms with Crippen molar-refractivity contribution < 1.29 is 9.50 Å². The lowest BCUT2D eigenvalue weighted by atomic mass is 10.1. The van der Waals surface area contributed by atoms with Gasteiger partial charge in [-0.2, -0.15) is 0 Å². The average Bonchev–Trinajstić information content (AvgIpc) is 2.66. The third kappa shape index (κ3) is 2.08. The second-order valence-corrected chi connectivity index (χ2v) is 4.26. The molecule has 1 atom stereocenters. The Morgan fingerprint density at radius 3 is 2.93 bits per heavy atom. The van der Waals surface area contributed by atoms with E-state index in [2.05, 4.69) is 0 Å². The Balaban J connectivity index is 2.23. The normalized spacial score (nSPS) is 21.0. The van der Waals surface area contributed by atoms with Crippen molar-refractivity contribution in [2.24, 2.45) is 5.92 Å². The van der Waals surface area contributed by atoms with Gasteiger partial charge in [-0.05, 0) is 18.6 Å². The third-order valence-electron chi connectivity index (χ3n) is 2.80. The van der Waals surface area contributed by atoms with Gasteiger partial charge in [-0.3, -0.25) is 0 Å². The first-order valence-electron chi connectivity index (χ1n) is 5.02. The quantitative estimate of drug-likeness (QED) is 0.841. The molecule has 1 heterocycles. The summed E-state index contributed by atoms with van der Waals surface area (Å²) in [7, 11) is 0. The van der Waals surface area contributed by atoms with Gasteiger partial charge in [-0.25, -0.2) is 4.39 Å². The van der Waals surface area contributed by atoms with Gasteiger partial charge in [-0.15, -0.1) is 0 Å². The Morgan fingerprint density at radius 2 is 2.33 bits per heavy atom. The van der Waals surface area contributed by atoms with Crippen LogP contribution >= 0.6 is 11.6 Å². The van der Waals surface area contributed by atoms with E-state index in [-0.39, 0.29) is 18.3 Å². The van der Waals surface area contributed by atoms with Crippen LogP contribution in [0.3, 0.4) is 0 Å². The minimum Gasteiger partial charge on any atom is -0.396 e. The first-order chi connectivity index (χ1) is 7.22. The van der Waals surface area contributed by atoms with Gasteiger partial charge in [-0.1, -0.05) is 17.7 Å². The van der Waals surface area contributed by atoms with Crippen LogP contribution in [0.25, 0.3) is 0 Å². The maximum atomic E-state index is 13.5. The molecule has 0 saturated carbocycles. The van der Waals surface area contributed by atoms with Crippen molar-refractivity contribution in [2.45, 2.75) is 6.42 Å². The molecule has 82 valence electrons. The second kappa shape index (κ2) is 4.37. The highest BCUT2D eigenvalue weighted by Gasteiger charge is 2.25. The molecule has 2 rings (SSSR count). The van der Waals surface area contributed by atoms with E-state index in [4.69, 9.17) is 16.7 Å². The van der Waals surface area contributed by atoms with E-state index in [0.717, 1.165) is 13.0 Å². The van der Waals surface area contributed by atoms with Crippen molar-refractivity contribution >= 4 is 17.3 Å². The molecule has 0 spiro atoms. The van der Waals surface area contributed by atoms with E-state index in [1.54, 1.807) is 12.1 Å². The Kier molecular flexibility index (Phi) is 3.12. The van der Waals surface area contributed by atoms with E-state index >= 15 is 0 Å². The molecular weight excluding hydrogens is 217 g/mol. The topological polar surface area (TPSA) is 23.5 Å². The number of rotatable bonds is 2. The molecule has 2 nitrogen and oxygen atoms in total. The summed E-state index contributed by atoms with van der Waals surface area (Å²) >= 11 is 5.96. The van der Waals surface area contributed by atoms with Crippen LogP contribution in [0, 0.1) is 11.7 Å². The molecule has 1 saturated heterocycles. The SMILES string of the molecule is OCC1CCN(c2c(F)cccc2Cl)C1. The first-order valence-corrected chi connectivity index (χ1v) is 5.40. The highest BCUT2D eigenvalue weighted by atomic mass is 35.5. The van der Waals surface area contributed by atoms with Gasteiger partial charge in [0.25, 0.3) is 0 Å². The van der Waals surface area contributed by atoms with Crippen LogP contribution in [-0.2, 0) is 0 Å². The number of nitrogens with zero attached hydrogens (tertiary/aromatic N) is 1. The molecule has 0 amide bonds. The number of anilines is 1. The fourth-order valence-corrected chi connectivity index (χ4v) is 2.26. The fraction of sp³-hybridized carbons (Fsp3) is 0.455. The van der Waals surface area contributed by atoms with Gasteiger partial charge in [0.2, 0.25) is 0 Å². The van der Waals surface area contributed by atoms with Gasteiger partial charge in [0, 0.05) is 25.6 Å². The monoisotopic (exact) mass is 229 g/mol. The summed E-state index contributed by atoms with van der Waals surface area (Å²) < 4.78 is 13.5. The lowest BCUT2D eigenvalue weighted by Gasteiger charge is -2.20. The molecule has 1 aromatic rings. The second-order valence-electron chi connectivity index (χ2n) is 3.85. The minimum atomic E-state index is -0.291. The summed E-state index contributed by atoms with van der Waals surface area (Å²) in [5, 5.41) is 9.45. The number of aliphatic hydroxyl groups excluding tert-OH is 1. The molecule has 1 N–H and O–H groups in total. The molecule has 4 heteroatoms. The standard InChI is InChI=1S/C11H13ClFNO/c12-9-2-1-3-10(13)11(9)14-5-4-8(6-14)7-15/h1-3,8,15H,4-7H2. The van der Waals surface area contributed by atoms with Gasteiger partial charge in [0.15, 0.2) is 0 Å². The van der Waals surface area contributed by atoms with Gasteiger partial charge >= 0.3 is 0 Å². The molecule has 0 bridgehead atoms. The molecule has 15 heavy (non-hydrogen) atoms. The molecule has 0 aromatic heterocycles. The van der Waals surface area contributed by atoms with Crippen molar-refractivity contribution in [1.29, 1.82) is 0 Å². The van der Waals surface area contributed by atoms with E-state index in [9.17, 15) is 4.39 Å². The Labute approximate surface area is 93.3 Å². The molecular formula is C11H13ClFNO. The van der Waals surface area contributed by atoms with Crippen molar-refractivity contribution in [1.82, 2.24) is 0 Å². The summed E-state index contributed by atoms with van der Waals surface area (Å²) in [6, 6.07) is 4.69. The maximum Gasteiger partial charge on any atom is 0.148 e. The summed E-state index contributed by atoms with van der Waals surface area (Å²) in [6.07, 6.45) is 0.890. The maximum absolute atomic E-state index is 13.5. The van der Waals surface area contributed by atoms with Gasteiger partial charge < -0.3 is 10.0 Å². The number of hydrogen-bond acceptors (Lipinski definition) is 2. The van der Waals surface area contributed by atoms with Crippen molar-refractivity contribution in [3.8, 4) is 0 Å². The van der Waals surface area contributed by atoms with Crippen LogP contribution in [-0.4, -0.2) is 24.8 Å². The van der Waals surface area contributed by atoms with Crippen LogP contribution in [0.15, 0.2) is 18.2 Å². The molecule has 1 aromatic carbocycles. The van der Waals surface area contributed by atoms with Crippen molar-refractivity contribution in [3.63, 3.8) is 0 Å². The molecule has 1 aliphatic heterocycles. The summed E-state index contributed by atoms with van der Waals surface area (Å²) in [4.78, 5) is 1.90. The highest BCUT2D eigenvalue weighted by molar-refractivity contribution is 6.33. The van der Waals surface area contributed by atoms with Gasteiger partial charge in [0.05, 0.1) is 10.7 Å². The predicted molar refractivity (Wildman–Crippen MR) is 58.8 cm³/mol. The number of aliphatic hydroxyl groups is 1. The smallest absolute Gasteiger partial charge is 0.148 e. The zero-order valence-electron chi connectivity index (χ0n) is 8.29. The van der Waals surface area contributed by atoms with Crippen LogP contribution in [0.5, 0.6) is 0 Å². The van der Waals surface area contributed by atoms with E-state index in [1.807, 2.05) is 4.90 Å². The van der Waals surface area contributed by atoms with Crippen molar-refractivity contribution in [2.75, 3.05) is 24.6 Å². The fourth-order valence-electron chi connectivity index (χ4n) is 1.98. The van der Waals surface area contributed by atoms with Crippen LogP contribution in [0.2, 0.25) is 5.02 Å². The number of hydrogen-bond donors (Lipinski definition) is 1. The number of para-hydroxylation sites is 1. The Morgan fingerprint density at radius 1 is 1.53 bits per heavy atom. The van der Waals surface area contributed by atoms with E-state index in [0.29, 0.717) is 17.3 Å². The van der Waals surface area contributed by atoms with E-state index in [1.165, 1.54) is 6.07 Å². The predicted octanol–water partition coefficient (Wildman–Crippen LogP) is 2.30. The Hall–Kier alpha value is -0.800. The summed E-state index contributed by atoms with van der Waals surface area (Å²) in [6.45, 7) is 1.59. The molecule has 0 radical (unpaired) electrons. The molecule has 1 aliphatic rings. The van der Waals surface area contributed by atoms with E-state index < -0.39 is 0 Å². The minimum absolute atomic E-state index is 0.155. The summed E-state index contributed by atoms with van der Waals surface area (Å²) in [5.41, 5.74) is 0.468. The lowest BCUT2D eigenvalue weighted by Crippen LogP contribution is -2.22. The first kappa shape index (κ1) is 10.7. The molecule has 0 aliphatic carbocycles. The van der Waals surface area contributed by atoms with Crippen molar-refractivity contribution in [3.05, 3.63) is 29.0 Å². The number of halogens is 2. The number of benzene rings is 1. The summed E-state index contributed by atoms with van der Waals surface area (Å²) in [5.74, 6) is -0.0539. The zero-order chi connectivity index (χ0) is 10.8. The highest BCUT2D eigenvalue weighted by Crippen LogP contribution is 2.32. The lowest BCUT2D eigenvalue weighted by molar-refractivity contribution is 0.238. The Bertz CT molecular complexity index is 338. The third-order valence-corrected chi connectivity index (χ3v) is 3.10. The van der Waals surface area contributed by atoms with Gasteiger partial charge in [0.1, 0.15) is 5.82 Å². The molecule has 1 unspecified atom stereocenters. The molecule has 1 fully saturated rings. The average molecular weight is 230 g/mol. The van der Waals surface area contributed by atoms with Crippen LogP contribution < -0.4 is 4.90 Å².